The molecule has 0 saturated carbocycles. The lowest BCUT2D eigenvalue weighted by Gasteiger charge is -2.03. The molecule has 0 aromatic carbocycles. The fourth-order valence-corrected chi connectivity index (χ4v) is 0.990. The average molecular weight is 206 g/mol. The van der Waals surface area contributed by atoms with Gasteiger partial charge >= 0.3 is 6.36 Å². The van der Waals surface area contributed by atoms with Crippen LogP contribution in [-0.2, 0) is 0 Å². The summed E-state index contributed by atoms with van der Waals surface area (Å²) in [4.78, 5) is 3.65. The Morgan fingerprint density at radius 1 is 1.21 bits per heavy atom. The summed E-state index contributed by atoms with van der Waals surface area (Å²) in [6.07, 6.45) is -2.17. The number of aromatic nitrogens is 1. The number of hydrogen-bond donors (Lipinski definition) is 0. The van der Waals surface area contributed by atoms with Gasteiger partial charge < -0.3 is 0 Å². The molecule has 0 fully saturated rings. The Kier molecular flexibility index (Phi) is 2.98. The van der Waals surface area contributed by atoms with Crippen molar-refractivity contribution in [2.24, 2.45) is 0 Å². The molecule has 78 valence electrons. The highest BCUT2D eigenvalue weighted by Gasteiger charge is 2.37. The van der Waals surface area contributed by atoms with Gasteiger partial charge in [-0.05, 0) is 11.5 Å². The standard InChI is InChI=1S/C9H11F3NO/c1-7(2)8-3-5-13(6-4-8)14-9(10,11)12/h3-7H,1-2H3/q+1. The largest absolute Gasteiger partial charge is 0.625 e. The van der Waals surface area contributed by atoms with Gasteiger partial charge in [-0.2, -0.15) is 4.84 Å². The van der Waals surface area contributed by atoms with E-state index in [2.05, 4.69) is 4.84 Å². The Labute approximate surface area is 79.9 Å². The summed E-state index contributed by atoms with van der Waals surface area (Å²) < 4.78 is 35.9. The van der Waals surface area contributed by atoms with Crippen LogP contribution in [0.3, 0.4) is 0 Å². The predicted molar refractivity (Wildman–Crippen MR) is 43.4 cm³/mol. The van der Waals surface area contributed by atoms with Crippen LogP contribution in [0.25, 0.3) is 0 Å². The molecule has 1 rings (SSSR count). The molecular formula is C9H11F3NO+. The van der Waals surface area contributed by atoms with Crippen molar-refractivity contribution >= 4 is 0 Å². The molecule has 0 N–H and O–H groups in total. The first-order chi connectivity index (χ1) is 6.38. The van der Waals surface area contributed by atoms with Gasteiger partial charge in [0.15, 0.2) is 0 Å². The second kappa shape index (κ2) is 3.86. The van der Waals surface area contributed by atoms with Crippen LogP contribution in [0, 0.1) is 0 Å². The zero-order valence-corrected chi connectivity index (χ0v) is 7.88. The van der Waals surface area contributed by atoms with Crippen LogP contribution in [0.2, 0.25) is 0 Å². The Bertz CT molecular complexity index is 292. The summed E-state index contributed by atoms with van der Waals surface area (Å²) in [5.41, 5.74) is 0.965. The zero-order chi connectivity index (χ0) is 10.8. The number of pyridine rings is 1. The number of nitrogens with zero attached hydrogens (tertiary/aromatic N) is 1. The van der Waals surface area contributed by atoms with Crippen LogP contribution in [0.5, 0.6) is 0 Å². The summed E-state index contributed by atoms with van der Waals surface area (Å²) in [7, 11) is 0. The molecule has 14 heavy (non-hydrogen) atoms. The maximum Gasteiger partial charge on any atom is 0.625 e. The fraction of sp³-hybridized carbons (Fsp3) is 0.444. The highest BCUT2D eigenvalue weighted by atomic mass is 19.4. The number of halogens is 3. The topological polar surface area (TPSA) is 13.1 Å². The van der Waals surface area contributed by atoms with E-state index in [9.17, 15) is 13.2 Å². The monoisotopic (exact) mass is 206 g/mol. The first-order valence-electron chi connectivity index (χ1n) is 4.16. The van der Waals surface area contributed by atoms with E-state index in [1.807, 2.05) is 13.8 Å². The maximum absolute atomic E-state index is 11.8. The highest BCUT2D eigenvalue weighted by molar-refractivity contribution is 5.11. The molecule has 0 atom stereocenters. The first-order valence-corrected chi connectivity index (χ1v) is 4.16. The van der Waals surface area contributed by atoms with Gasteiger partial charge in [0.2, 0.25) is 12.4 Å². The number of alkyl halides is 3. The van der Waals surface area contributed by atoms with Crippen LogP contribution in [0.4, 0.5) is 13.2 Å². The van der Waals surface area contributed by atoms with Crippen LogP contribution >= 0.6 is 0 Å². The van der Waals surface area contributed by atoms with Gasteiger partial charge in [0, 0.05) is 16.9 Å². The van der Waals surface area contributed by atoms with Crippen molar-refractivity contribution in [3.8, 4) is 0 Å². The maximum atomic E-state index is 11.8. The van der Waals surface area contributed by atoms with Crippen molar-refractivity contribution in [2.75, 3.05) is 0 Å². The molecule has 0 radical (unpaired) electrons. The van der Waals surface area contributed by atoms with E-state index in [0.717, 1.165) is 5.56 Å². The average Bonchev–Trinajstić information content (AvgIpc) is 2.02. The van der Waals surface area contributed by atoms with Crippen molar-refractivity contribution < 1.29 is 22.7 Å². The molecule has 1 aromatic heterocycles. The quantitative estimate of drug-likeness (QED) is 0.675. The molecule has 1 aromatic rings. The lowest BCUT2D eigenvalue weighted by molar-refractivity contribution is -0.928. The predicted octanol–water partition coefficient (Wildman–Crippen LogP) is 2.05. The summed E-state index contributed by atoms with van der Waals surface area (Å²) in [6.45, 7) is 3.93. The van der Waals surface area contributed by atoms with E-state index < -0.39 is 6.36 Å². The van der Waals surface area contributed by atoms with E-state index >= 15 is 0 Å². The Morgan fingerprint density at radius 2 is 1.71 bits per heavy atom. The van der Waals surface area contributed by atoms with Crippen molar-refractivity contribution in [1.29, 1.82) is 0 Å². The molecule has 5 heteroatoms. The summed E-state index contributed by atoms with van der Waals surface area (Å²) >= 11 is 0. The van der Waals surface area contributed by atoms with E-state index in [-0.39, 0.29) is 5.92 Å². The van der Waals surface area contributed by atoms with Gasteiger partial charge in [-0.1, -0.05) is 13.8 Å². The molecular weight excluding hydrogens is 195 g/mol. The van der Waals surface area contributed by atoms with Crippen LogP contribution in [-0.4, -0.2) is 6.36 Å². The SMILES string of the molecule is CC(C)c1cc[n+](OC(F)(F)F)cc1. The molecule has 2 nitrogen and oxygen atoms in total. The lowest BCUT2D eigenvalue weighted by Crippen LogP contribution is -2.48. The molecule has 0 unspecified atom stereocenters. The van der Waals surface area contributed by atoms with E-state index in [0.29, 0.717) is 4.73 Å². The molecule has 0 aliphatic rings. The van der Waals surface area contributed by atoms with Crippen molar-refractivity contribution in [2.45, 2.75) is 26.1 Å². The van der Waals surface area contributed by atoms with Gasteiger partial charge in [0.1, 0.15) is 0 Å². The fourth-order valence-electron chi connectivity index (χ4n) is 0.990. The highest BCUT2D eigenvalue weighted by Crippen LogP contribution is 2.12. The molecule has 0 spiro atoms. The van der Waals surface area contributed by atoms with Gasteiger partial charge in [0.25, 0.3) is 0 Å². The second-order valence-corrected chi connectivity index (χ2v) is 3.18. The third-order valence-electron chi connectivity index (χ3n) is 1.70. The molecule has 0 saturated heterocycles. The third kappa shape index (κ3) is 3.24. The molecule has 0 amide bonds. The molecule has 1 heterocycles. The minimum absolute atomic E-state index is 0.288. The number of rotatable bonds is 2. The number of hydrogen-bond acceptors (Lipinski definition) is 1. The second-order valence-electron chi connectivity index (χ2n) is 3.18. The van der Waals surface area contributed by atoms with Gasteiger partial charge in [-0.3, -0.25) is 0 Å². The van der Waals surface area contributed by atoms with Crippen LogP contribution in [0.15, 0.2) is 24.5 Å². The van der Waals surface area contributed by atoms with Gasteiger partial charge in [0.05, 0.1) is 0 Å². The van der Waals surface area contributed by atoms with Crippen molar-refractivity contribution in [3.05, 3.63) is 30.1 Å². The Morgan fingerprint density at radius 3 is 2.07 bits per heavy atom. The molecule has 0 aliphatic heterocycles. The van der Waals surface area contributed by atoms with E-state index in [1.54, 1.807) is 12.1 Å². The van der Waals surface area contributed by atoms with Gasteiger partial charge in [-0.15, -0.1) is 13.2 Å². The lowest BCUT2D eigenvalue weighted by atomic mass is 10.1. The minimum Gasteiger partial charge on any atom is -0.154 e. The van der Waals surface area contributed by atoms with E-state index in [4.69, 9.17) is 0 Å². The Balaban J connectivity index is 2.74. The summed E-state index contributed by atoms with van der Waals surface area (Å²) in [5.74, 6) is 0.288. The normalized spacial score (nSPS) is 11.9. The summed E-state index contributed by atoms with van der Waals surface area (Å²) in [5, 5.41) is 0. The van der Waals surface area contributed by atoms with Gasteiger partial charge in [-0.25, -0.2) is 0 Å². The van der Waals surface area contributed by atoms with Crippen LogP contribution in [0.1, 0.15) is 25.3 Å². The van der Waals surface area contributed by atoms with Crippen molar-refractivity contribution in [1.82, 2.24) is 0 Å². The third-order valence-corrected chi connectivity index (χ3v) is 1.70. The molecule has 0 aliphatic carbocycles. The van der Waals surface area contributed by atoms with Crippen molar-refractivity contribution in [3.63, 3.8) is 0 Å². The van der Waals surface area contributed by atoms with Crippen LogP contribution < -0.4 is 9.57 Å². The Hall–Kier alpha value is -1.26. The zero-order valence-electron chi connectivity index (χ0n) is 7.88. The van der Waals surface area contributed by atoms with E-state index in [1.165, 1.54) is 12.4 Å². The summed E-state index contributed by atoms with van der Waals surface area (Å²) in [6, 6.07) is 3.19. The smallest absolute Gasteiger partial charge is 0.154 e. The molecule has 0 bridgehead atoms. The minimum atomic E-state index is -4.65. The first kappa shape index (κ1) is 10.8.